The molecule has 0 fully saturated rings. The number of hydrogen-bond acceptors (Lipinski definition) is 6. The lowest BCUT2D eigenvalue weighted by molar-refractivity contribution is 0.157. The monoisotopic (exact) mass is 346 g/mol. The molecular weight excluding hydrogens is 324 g/mol. The predicted octanol–water partition coefficient (Wildman–Crippen LogP) is 2.24. The molecule has 0 radical (unpaired) electrons. The number of rotatable bonds is 6. The molecule has 0 bridgehead atoms. The van der Waals surface area contributed by atoms with Gasteiger partial charge in [-0.25, -0.2) is 0 Å². The third kappa shape index (κ3) is 3.23. The molecule has 2 aromatic carbocycles. The van der Waals surface area contributed by atoms with Gasteiger partial charge < -0.3 is 29.9 Å². The SMILES string of the molecule is COc1cc(CCCO)cc2c1O[C@H](c1ccc(O)c(O)c1)[C@H]2CO. The fourth-order valence-corrected chi connectivity index (χ4v) is 3.25. The summed E-state index contributed by atoms with van der Waals surface area (Å²) in [5.74, 6) is 0.399. The van der Waals surface area contributed by atoms with Gasteiger partial charge in [-0.3, -0.25) is 0 Å². The van der Waals surface area contributed by atoms with Crippen molar-refractivity contribution >= 4 is 0 Å². The van der Waals surface area contributed by atoms with Crippen LogP contribution in [0, 0.1) is 0 Å². The zero-order valence-corrected chi connectivity index (χ0v) is 14.0. The Bertz CT molecular complexity index is 758. The average molecular weight is 346 g/mol. The fraction of sp³-hybridized carbons (Fsp3) is 0.368. The Morgan fingerprint density at radius 1 is 1.08 bits per heavy atom. The van der Waals surface area contributed by atoms with Crippen molar-refractivity contribution in [1.29, 1.82) is 0 Å². The van der Waals surface area contributed by atoms with E-state index in [1.165, 1.54) is 12.1 Å². The highest BCUT2D eigenvalue weighted by molar-refractivity contribution is 5.55. The molecule has 1 aliphatic rings. The Balaban J connectivity index is 2.00. The molecule has 0 unspecified atom stereocenters. The van der Waals surface area contributed by atoms with Crippen molar-refractivity contribution < 1.29 is 29.9 Å². The van der Waals surface area contributed by atoms with Gasteiger partial charge in [-0.15, -0.1) is 0 Å². The summed E-state index contributed by atoms with van der Waals surface area (Å²) in [6.45, 7) is -0.0271. The van der Waals surface area contributed by atoms with E-state index in [9.17, 15) is 15.3 Å². The molecule has 4 N–H and O–H groups in total. The highest BCUT2D eigenvalue weighted by Gasteiger charge is 2.37. The quantitative estimate of drug-likeness (QED) is 0.599. The molecule has 0 aromatic heterocycles. The van der Waals surface area contributed by atoms with Gasteiger partial charge in [0.25, 0.3) is 0 Å². The topological polar surface area (TPSA) is 99.4 Å². The number of ether oxygens (including phenoxy) is 2. The molecule has 0 saturated heterocycles. The molecule has 25 heavy (non-hydrogen) atoms. The average Bonchev–Trinajstić information content (AvgIpc) is 3.00. The third-order valence-corrected chi connectivity index (χ3v) is 4.52. The van der Waals surface area contributed by atoms with Gasteiger partial charge in [-0.1, -0.05) is 12.1 Å². The summed E-state index contributed by atoms with van der Waals surface area (Å²) in [4.78, 5) is 0. The first-order chi connectivity index (χ1) is 12.1. The van der Waals surface area contributed by atoms with Crippen molar-refractivity contribution in [3.05, 3.63) is 47.0 Å². The molecule has 0 spiro atoms. The number of aromatic hydroxyl groups is 2. The molecule has 2 atom stereocenters. The number of phenols is 2. The van der Waals surface area contributed by atoms with Crippen molar-refractivity contribution in [2.45, 2.75) is 24.9 Å². The summed E-state index contributed by atoms with van der Waals surface area (Å²) in [5, 5.41) is 38.2. The van der Waals surface area contributed by atoms with Crippen LogP contribution in [0.3, 0.4) is 0 Å². The smallest absolute Gasteiger partial charge is 0.165 e. The first-order valence-corrected chi connectivity index (χ1v) is 8.20. The summed E-state index contributed by atoms with van der Waals surface area (Å²) in [6, 6.07) is 8.34. The second-order valence-corrected chi connectivity index (χ2v) is 6.12. The minimum atomic E-state index is -0.492. The summed E-state index contributed by atoms with van der Waals surface area (Å²) >= 11 is 0. The molecule has 0 aliphatic carbocycles. The third-order valence-electron chi connectivity index (χ3n) is 4.52. The number of aryl methyl sites for hydroxylation is 1. The van der Waals surface area contributed by atoms with Gasteiger partial charge in [0.1, 0.15) is 6.10 Å². The number of benzene rings is 2. The highest BCUT2D eigenvalue weighted by Crippen LogP contribution is 2.51. The molecule has 0 amide bonds. The second kappa shape index (κ2) is 7.21. The van der Waals surface area contributed by atoms with Gasteiger partial charge in [0.2, 0.25) is 0 Å². The van der Waals surface area contributed by atoms with E-state index < -0.39 is 6.10 Å². The van der Waals surface area contributed by atoms with Gasteiger partial charge in [0.15, 0.2) is 23.0 Å². The van der Waals surface area contributed by atoms with E-state index in [4.69, 9.17) is 14.6 Å². The van der Waals surface area contributed by atoms with Crippen LogP contribution in [0.15, 0.2) is 30.3 Å². The Morgan fingerprint density at radius 3 is 2.52 bits per heavy atom. The maximum Gasteiger partial charge on any atom is 0.165 e. The maximum absolute atomic E-state index is 9.93. The Morgan fingerprint density at radius 2 is 1.88 bits per heavy atom. The summed E-state index contributed by atoms with van der Waals surface area (Å²) in [6.07, 6.45) is 0.846. The van der Waals surface area contributed by atoms with Crippen LogP contribution < -0.4 is 9.47 Å². The lowest BCUT2D eigenvalue weighted by Crippen LogP contribution is -2.13. The molecule has 0 saturated carbocycles. The Kier molecular flexibility index (Phi) is 5.01. The molecular formula is C19H22O6. The first kappa shape index (κ1) is 17.4. The van der Waals surface area contributed by atoms with Gasteiger partial charge >= 0.3 is 0 Å². The van der Waals surface area contributed by atoms with Crippen molar-refractivity contribution in [3.63, 3.8) is 0 Å². The summed E-state index contributed by atoms with van der Waals surface area (Å²) in [5.41, 5.74) is 2.50. The van der Waals surface area contributed by atoms with Crippen LogP contribution in [-0.2, 0) is 6.42 Å². The van der Waals surface area contributed by atoms with Crippen LogP contribution in [0.5, 0.6) is 23.0 Å². The zero-order valence-electron chi connectivity index (χ0n) is 14.0. The first-order valence-electron chi connectivity index (χ1n) is 8.20. The molecule has 134 valence electrons. The number of aliphatic hydroxyl groups is 2. The lowest BCUT2D eigenvalue weighted by atomic mass is 9.90. The summed E-state index contributed by atoms with van der Waals surface area (Å²) < 4.78 is 11.5. The minimum Gasteiger partial charge on any atom is -0.504 e. The minimum absolute atomic E-state index is 0.106. The van der Waals surface area contributed by atoms with Gasteiger partial charge in [0.05, 0.1) is 19.6 Å². The molecule has 6 heteroatoms. The Hall–Kier alpha value is -2.44. The second-order valence-electron chi connectivity index (χ2n) is 6.12. The molecule has 1 aliphatic heterocycles. The number of phenolic OH excluding ortho intramolecular Hbond substituents is 2. The van der Waals surface area contributed by atoms with Gasteiger partial charge in [-0.05, 0) is 42.2 Å². The standard InChI is InChI=1S/C19H22O6/c1-24-17-8-11(3-2-6-20)7-13-14(10-21)18(25-19(13)17)12-4-5-15(22)16(23)9-12/h4-5,7-9,14,18,20-23H,2-3,6,10H2,1H3/t14-,18+/m0/s1. The highest BCUT2D eigenvalue weighted by atomic mass is 16.5. The van der Waals surface area contributed by atoms with E-state index in [0.29, 0.717) is 29.9 Å². The van der Waals surface area contributed by atoms with Crippen molar-refractivity contribution in [1.82, 2.24) is 0 Å². The van der Waals surface area contributed by atoms with Crippen LogP contribution in [0.1, 0.15) is 35.1 Å². The van der Waals surface area contributed by atoms with Crippen molar-refractivity contribution in [2.75, 3.05) is 20.3 Å². The molecule has 3 rings (SSSR count). The van der Waals surface area contributed by atoms with Gasteiger partial charge in [0, 0.05) is 12.2 Å². The number of methoxy groups -OCH3 is 1. The lowest BCUT2D eigenvalue weighted by Gasteiger charge is -2.18. The van der Waals surface area contributed by atoms with E-state index >= 15 is 0 Å². The molecule has 1 heterocycles. The largest absolute Gasteiger partial charge is 0.504 e. The number of aliphatic hydroxyl groups excluding tert-OH is 2. The van der Waals surface area contributed by atoms with Crippen LogP contribution >= 0.6 is 0 Å². The van der Waals surface area contributed by atoms with E-state index in [2.05, 4.69) is 0 Å². The Labute approximate surface area is 145 Å². The molecule has 6 nitrogen and oxygen atoms in total. The zero-order chi connectivity index (χ0) is 18.0. The van der Waals surface area contributed by atoms with E-state index in [-0.39, 0.29) is 30.6 Å². The van der Waals surface area contributed by atoms with Crippen LogP contribution in [0.2, 0.25) is 0 Å². The predicted molar refractivity (Wildman–Crippen MR) is 91.4 cm³/mol. The normalized spacial score (nSPS) is 18.7. The van der Waals surface area contributed by atoms with E-state index in [0.717, 1.165) is 11.1 Å². The van der Waals surface area contributed by atoms with Crippen LogP contribution in [-0.4, -0.2) is 40.7 Å². The van der Waals surface area contributed by atoms with Crippen LogP contribution in [0.4, 0.5) is 0 Å². The number of fused-ring (bicyclic) bond motifs is 1. The maximum atomic E-state index is 9.93. The van der Waals surface area contributed by atoms with E-state index in [1.807, 2.05) is 12.1 Å². The van der Waals surface area contributed by atoms with Gasteiger partial charge in [-0.2, -0.15) is 0 Å². The molecule has 2 aromatic rings. The van der Waals surface area contributed by atoms with E-state index in [1.54, 1.807) is 13.2 Å². The van der Waals surface area contributed by atoms with Crippen LogP contribution in [0.25, 0.3) is 0 Å². The van der Waals surface area contributed by atoms with Crippen molar-refractivity contribution in [2.24, 2.45) is 0 Å². The number of hydrogen-bond donors (Lipinski definition) is 4. The summed E-state index contributed by atoms with van der Waals surface area (Å²) in [7, 11) is 1.56. The fourth-order valence-electron chi connectivity index (χ4n) is 3.25. The van der Waals surface area contributed by atoms with Crippen molar-refractivity contribution in [3.8, 4) is 23.0 Å².